The Morgan fingerprint density at radius 2 is 1.07 bits per heavy atom. The van der Waals surface area contributed by atoms with Gasteiger partial charge in [-0.05, 0) is 71.1 Å². The van der Waals surface area contributed by atoms with Crippen molar-refractivity contribution in [2.24, 2.45) is 5.92 Å². The van der Waals surface area contributed by atoms with Gasteiger partial charge in [0.1, 0.15) is 0 Å². The fourth-order valence-electron chi connectivity index (χ4n) is 7.43. The summed E-state index contributed by atoms with van der Waals surface area (Å²) < 4.78 is 0. The van der Waals surface area contributed by atoms with E-state index in [0.29, 0.717) is 5.92 Å². The molecule has 2 nitrogen and oxygen atoms in total. The van der Waals surface area contributed by atoms with E-state index in [1.807, 2.05) is 0 Å². The van der Waals surface area contributed by atoms with Gasteiger partial charge in [0.05, 0.1) is 11.1 Å². The number of hydrogen-bond donors (Lipinski definition) is 0. The molecule has 2 heteroatoms. The van der Waals surface area contributed by atoms with E-state index in [0.717, 1.165) is 17.9 Å². The molecule has 2 heterocycles. The molecule has 46 heavy (non-hydrogen) atoms. The van der Waals surface area contributed by atoms with Crippen LogP contribution in [0, 0.1) is 5.92 Å². The molecule has 3 aliphatic rings. The van der Waals surface area contributed by atoms with Crippen LogP contribution >= 0.6 is 0 Å². The number of anilines is 4. The number of para-hydroxylation sites is 3. The number of allylic oxidation sites excluding steroid dienone is 8. The van der Waals surface area contributed by atoms with Gasteiger partial charge in [-0.3, -0.25) is 0 Å². The molecule has 0 aromatic heterocycles. The summed E-state index contributed by atoms with van der Waals surface area (Å²) in [6.45, 7) is 3.10. The van der Waals surface area contributed by atoms with Gasteiger partial charge in [0.2, 0.25) is 0 Å². The average Bonchev–Trinajstić information content (AvgIpc) is 3.63. The van der Waals surface area contributed by atoms with Crippen molar-refractivity contribution >= 4 is 22.7 Å². The smallest absolute Gasteiger partial charge is 0.0696 e. The maximum absolute atomic E-state index is 2.52. The van der Waals surface area contributed by atoms with Crippen LogP contribution in [0.25, 0.3) is 11.1 Å². The van der Waals surface area contributed by atoms with Crippen LogP contribution in [0.5, 0.6) is 0 Å². The topological polar surface area (TPSA) is 6.48 Å². The third kappa shape index (κ3) is 4.66. The maximum atomic E-state index is 2.52. The molecule has 5 aromatic carbocycles. The predicted octanol–water partition coefficient (Wildman–Crippen LogP) is 11.0. The second-order valence-electron chi connectivity index (χ2n) is 12.2. The third-order valence-electron chi connectivity index (χ3n) is 9.52. The molecule has 0 N–H and O–H groups in total. The van der Waals surface area contributed by atoms with E-state index < -0.39 is 5.41 Å². The summed E-state index contributed by atoms with van der Waals surface area (Å²) in [6, 6.07) is 46.5. The van der Waals surface area contributed by atoms with Gasteiger partial charge in [-0.25, -0.2) is 0 Å². The van der Waals surface area contributed by atoms with Crippen molar-refractivity contribution in [3.63, 3.8) is 0 Å². The van der Waals surface area contributed by atoms with Crippen LogP contribution in [0.1, 0.15) is 23.6 Å². The lowest BCUT2D eigenvalue weighted by Gasteiger charge is -2.46. The Balaban J connectivity index is 1.36. The summed E-state index contributed by atoms with van der Waals surface area (Å²) in [5, 5.41) is 0. The Bertz CT molecular complexity index is 1980. The molecule has 0 bridgehead atoms. The van der Waals surface area contributed by atoms with Crippen molar-refractivity contribution in [3.8, 4) is 11.1 Å². The molecule has 0 amide bonds. The summed E-state index contributed by atoms with van der Waals surface area (Å²) in [5.74, 6) is 0.368. The van der Waals surface area contributed by atoms with Crippen LogP contribution < -0.4 is 9.80 Å². The van der Waals surface area contributed by atoms with Crippen LogP contribution in [0.3, 0.4) is 0 Å². The fraction of sp³-hybridized carbons (Fsp3) is 0.0909. The molecule has 8 rings (SSSR count). The number of fused-ring (bicyclic) bond motifs is 6. The Labute approximate surface area is 272 Å². The zero-order valence-corrected chi connectivity index (χ0v) is 26.0. The summed E-state index contributed by atoms with van der Waals surface area (Å²) in [4.78, 5) is 4.94. The van der Waals surface area contributed by atoms with Crippen LogP contribution in [0.2, 0.25) is 0 Å². The normalized spacial score (nSPS) is 18.8. The fourth-order valence-corrected chi connectivity index (χ4v) is 7.43. The van der Waals surface area contributed by atoms with E-state index in [9.17, 15) is 0 Å². The zero-order chi connectivity index (χ0) is 30.9. The summed E-state index contributed by atoms with van der Waals surface area (Å²) in [5.41, 5.74) is 11.7. The van der Waals surface area contributed by atoms with Gasteiger partial charge in [-0.1, -0.05) is 146 Å². The van der Waals surface area contributed by atoms with Crippen molar-refractivity contribution in [3.05, 3.63) is 204 Å². The quantitative estimate of drug-likeness (QED) is 0.205. The first-order valence-corrected chi connectivity index (χ1v) is 16.1. The highest BCUT2D eigenvalue weighted by Gasteiger charge is 2.45. The van der Waals surface area contributed by atoms with Gasteiger partial charge < -0.3 is 9.80 Å². The molecule has 0 unspecified atom stereocenters. The molecule has 1 spiro atoms. The van der Waals surface area contributed by atoms with E-state index in [-0.39, 0.29) is 0 Å². The monoisotopic (exact) mass is 592 g/mol. The largest absolute Gasteiger partial charge is 0.340 e. The molecule has 1 aliphatic carbocycles. The lowest BCUT2D eigenvalue weighted by atomic mass is 9.65. The lowest BCUT2D eigenvalue weighted by Crippen LogP contribution is -2.39. The van der Waals surface area contributed by atoms with Gasteiger partial charge in [0.15, 0.2) is 0 Å². The highest BCUT2D eigenvalue weighted by Crippen LogP contribution is 2.56. The second kappa shape index (κ2) is 11.7. The minimum absolute atomic E-state index is 0.368. The van der Waals surface area contributed by atoms with Gasteiger partial charge in [0, 0.05) is 35.2 Å². The van der Waals surface area contributed by atoms with Crippen LogP contribution in [-0.2, 0) is 5.41 Å². The molecule has 222 valence electrons. The van der Waals surface area contributed by atoms with E-state index in [1.54, 1.807) is 0 Å². The number of benzene rings is 5. The van der Waals surface area contributed by atoms with E-state index in [4.69, 9.17) is 0 Å². The van der Waals surface area contributed by atoms with Crippen LogP contribution in [0.4, 0.5) is 22.7 Å². The highest BCUT2D eigenvalue weighted by molar-refractivity contribution is 5.86. The first-order valence-electron chi connectivity index (χ1n) is 16.1. The first-order chi connectivity index (χ1) is 22.7. The van der Waals surface area contributed by atoms with E-state index >= 15 is 0 Å². The number of nitrogens with zero attached hydrogens (tertiary/aromatic N) is 2. The van der Waals surface area contributed by atoms with Gasteiger partial charge in [-0.15, -0.1) is 0 Å². The van der Waals surface area contributed by atoms with Gasteiger partial charge in [-0.2, -0.15) is 0 Å². The zero-order valence-electron chi connectivity index (χ0n) is 26.0. The standard InChI is InChI=1S/C44H36N2/c1-33-16-4-3-15-31-44(38-21-9-12-24-41(38)45(32-34-17-7-8-18-34)42-25-13-10-22-39(42)44)40-23-11-14-26-43(40)46(33)37-29-27-36(28-30-37)35-19-5-2-6-20-35/h2-31,34H,32H2,1H3/b4-3-,31-15+,33-16+. The molecular formula is C44H36N2. The molecule has 0 saturated heterocycles. The Morgan fingerprint density at radius 1 is 0.522 bits per heavy atom. The molecule has 5 aromatic rings. The van der Waals surface area contributed by atoms with Crippen molar-refractivity contribution in [2.75, 3.05) is 16.3 Å². The maximum Gasteiger partial charge on any atom is 0.0696 e. The van der Waals surface area contributed by atoms with E-state index in [1.165, 1.54) is 44.9 Å². The summed E-state index contributed by atoms with van der Waals surface area (Å²) >= 11 is 0. The van der Waals surface area contributed by atoms with Crippen LogP contribution in [0.15, 0.2) is 188 Å². The molecule has 0 saturated carbocycles. The van der Waals surface area contributed by atoms with E-state index in [2.05, 4.69) is 199 Å². The Morgan fingerprint density at radius 3 is 1.72 bits per heavy atom. The van der Waals surface area contributed by atoms with Gasteiger partial charge in [0.25, 0.3) is 0 Å². The first kappa shape index (κ1) is 27.9. The summed E-state index contributed by atoms with van der Waals surface area (Å²) in [7, 11) is 0. The minimum Gasteiger partial charge on any atom is -0.340 e. The molecular weight excluding hydrogens is 556 g/mol. The molecule has 2 aliphatic heterocycles. The van der Waals surface area contributed by atoms with Crippen LogP contribution in [-0.4, -0.2) is 6.54 Å². The second-order valence-corrected chi connectivity index (χ2v) is 12.2. The molecule has 0 radical (unpaired) electrons. The Hall–Kier alpha value is -5.60. The number of rotatable bonds is 4. The summed E-state index contributed by atoms with van der Waals surface area (Å²) in [6.07, 6.45) is 20.1. The average molecular weight is 593 g/mol. The minimum atomic E-state index is -0.522. The van der Waals surface area contributed by atoms with Crippen molar-refractivity contribution in [2.45, 2.75) is 12.3 Å². The lowest BCUT2D eigenvalue weighted by molar-refractivity contribution is 0.718. The SMILES string of the molecule is C\C1=C/C=C\C=C\C2(c3ccccc3N(CC3C=CC=C3)c3ccccc32)c2ccccc2N1c1ccc(-c2ccccc2)cc1. The Kier molecular flexibility index (Phi) is 7.11. The molecule has 0 atom stereocenters. The van der Waals surface area contributed by atoms with Crippen molar-refractivity contribution in [1.29, 1.82) is 0 Å². The predicted molar refractivity (Wildman–Crippen MR) is 194 cm³/mol. The number of hydrogen-bond acceptors (Lipinski definition) is 2. The van der Waals surface area contributed by atoms with Crippen molar-refractivity contribution in [1.82, 2.24) is 0 Å². The third-order valence-corrected chi connectivity index (χ3v) is 9.52. The van der Waals surface area contributed by atoms with Crippen molar-refractivity contribution < 1.29 is 0 Å². The van der Waals surface area contributed by atoms with Gasteiger partial charge >= 0.3 is 0 Å². The molecule has 0 fully saturated rings. The highest BCUT2D eigenvalue weighted by atomic mass is 15.2.